The first-order chi connectivity index (χ1) is 13.1. The molecule has 2 fully saturated rings. The fraction of sp³-hybridized carbons (Fsp3) is 0.381. The minimum Gasteiger partial charge on any atom is -0.488 e. The number of ether oxygens (including phenoxy) is 1. The number of pyridine rings is 1. The van der Waals surface area contributed by atoms with Gasteiger partial charge < -0.3 is 15.0 Å². The zero-order chi connectivity index (χ0) is 18.8. The van der Waals surface area contributed by atoms with Crippen LogP contribution in [0.15, 0.2) is 48.8 Å². The third kappa shape index (κ3) is 3.94. The number of benzene rings is 1. The van der Waals surface area contributed by atoms with Crippen molar-refractivity contribution in [3.63, 3.8) is 0 Å². The van der Waals surface area contributed by atoms with Crippen molar-refractivity contribution in [2.24, 2.45) is 0 Å². The Labute approximate surface area is 158 Å². The van der Waals surface area contributed by atoms with Crippen LogP contribution in [0.25, 0.3) is 0 Å². The number of nitrogens with zero attached hydrogens (tertiary/aromatic N) is 2. The number of amides is 2. The average Bonchev–Trinajstić information content (AvgIpc) is 3.39. The molecule has 1 saturated heterocycles. The number of carbonyl (C=O) groups excluding carboxylic acids is 2. The van der Waals surface area contributed by atoms with Gasteiger partial charge in [-0.15, -0.1) is 0 Å². The molecule has 0 bridgehead atoms. The lowest BCUT2D eigenvalue weighted by Crippen LogP contribution is -2.46. The normalized spacial score (nSPS) is 21.7. The maximum atomic E-state index is 13.1. The summed E-state index contributed by atoms with van der Waals surface area (Å²) in [5, 5.41) is 3.03. The van der Waals surface area contributed by atoms with Crippen LogP contribution in [0.5, 0.6) is 5.75 Å². The molecule has 2 aromatic rings. The van der Waals surface area contributed by atoms with E-state index in [9.17, 15) is 9.59 Å². The van der Waals surface area contributed by atoms with E-state index >= 15 is 0 Å². The standard InChI is InChI=1S/C21H23N3O3/c1-14-9-10-22-12-18(14)21(26)24-13-17(27-16-5-3-2-4-6-16)11-19(24)20(25)23-15-7-8-15/h2-6,9-10,12,15,17,19H,7-8,11,13H2,1H3,(H,23,25). The van der Waals surface area contributed by atoms with Gasteiger partial charge in [0.1, 0.15) is 17.9 Å². The molecule has 2 amide bonds. The molecule has 4 rings (SSSR count). The number of rotatable bonds is 5. The van der Waals surface area contributed by atoms with E-state index in [4.69, 9.17) is 4.74 Å². The molecular weight excluding hydrogens is 342 g/mol. The van der Waals surface area contributed by atoms with Gasteiger partial charge in [-0.1, -0.05) is 18.2 Å². The van der Waals surface area contributed by atoms with Gasteiger partial charge in [0.25, 0.3) is 5.91 Å². The van der Waals surface area contributed by atoms with Gasteiger partial charge in [0.15, 0.2) is 0 Å². The number of likely N-dealkylation sites (tertiary alicyclic amines) is 1. The highest BCUT2D eigenvalue weighted by Crippen LogP contribution is 2.27. The maximum Gasteiger partial charge on any atom is 0.256 e. The number of carbonyl (C=O) groups is 2. The number of hydrogen-bond acceptors (Lipinski definition) is 4. The Morgan fingerprint density at radius 2 is 1.96 bits per heavy atom. The first kappa shape index (κ1) is 17.5. The van der Waals surface area contributed by atoms with Crippen molar-refractivity contribution in [1.82, 2.24) is 15.2 Å². The lowest BCUT2D eigenvalue weighted by Gasteiger charge is -2.24. The number of aromatic nitrogens is 1. The first-order valence-corrected chi connectivity index (χ1v) is 9.35. The highest BCUT2D eigenvalue weighted by molar-refractivity contribution is 5.99. The second kappa shape index (κ2) is 7.39. The van der Waals surface area contributed by atoms with Crippen molar-refractivity contribution in [2.75, 3.05) is 6.54 Å². The summed E-state index contributed by atoms with van der Waals surface area (Å²) in [7, 11) is 0. The van der Waals surface area contributed by atoms with E-state index in [1.165, 1.54) is 0 Å². The number of para-hydroxylation sites is 1. The average molecular weight is 365 g/mol. The van der Waals surface area contributed by atoms with Crippen LogP contribution in [0.4, 0.5) is 0 Å². The van der Waals surface area contributed by atoms with Crippen molar-refractivity contribution in [3.05, 3.63) is 59.9 Å². The van der Waals surface area contributed by atoms with Crippen LogP contribution in [-0.2, 0) is 4.79 Å². The Morgan fingerprint density at radius 3 is 2.67 bits per heavy atom. The second-order valence-corrected chi connectivity index (χ2v) is 7.24. The van der Waals surface area contributed by atoms with Gasteiger partial charge >= 0.3 is 0 Å². The minimum atomic E-state index is -0.522. The Balaban J connectivity index is 1.55. The van der Waals surface area contributed by atoms with Gasteiger partial charge in [-0.3, -0.25) is 14.6 Å². The van der Waals surface area contributed by atoms with E-state index in [0.29, 0.717) is 18.5 Å². The number of nitrogens with one attached hydrogen (secondary N) is 1. The van der Waals surface area contributed by atoms with E-state index in [0.717, 1.165) is 24.2 Å². The summed E-state index contributed by atoms with van der Waals surface area (Å²) in [5.74, 6) is 0.484. The molecule has 2 atom stereocenters. The number of aryl methyl sites for hydroxylation is 1. The summed E-state index contributed by atoms with van der Waals surface area (Å²) >= 11 is 0. The maximum absolute atomic E-state index is 13.1. The SMILES string of the molecule is Cc1ccncc1C(=O)N1CC(Oc2ccccc2)CC1C(=O)NC1CC1. The smallest absolute Gasteiger partial charge is 0.256 e. The summed E-state index contributed by atoms with van der Waals surface area (Å²) in [5.41, 5.74) is 1.38. The van der Waals surface area contributed by atoms with E-state index in [1.807, 2.05) is 37.3 Å². The van der Waals surface area contributed by atoms with Crippen LogP contribution in [0.3, 0.4) is 0 Å². The molecule has 1 N–H and O–H groups in total. The monoisotopic (exact) mass is 365 g/mol. The third-order valence-electron chi connectivity index (χ3n) is 5.07. The molecule has 6 heteroatoms. The lowest BCUT2D eigenvalue weighted by molar-refractivity contribution is -0.125. The zero-order valence-corrected chi connectivity index (χ0v) is 15.3. The van der Waals surface area contributed by atoms with E-state index in [2.05, 4.69) is 10.3 Å². The van der Waals surface area contributed by atoms with Crippen LogP contribution in [0.1, 0.15) is 35.2 Å². The van der Waals surface area contributed by atoms with Gasteiger partial charge in [-0.25, -0.2) is 0 Å². The van der Waals surface area contributed by atoms with Gasteiger partial charge in [0.05, 0.1) is 12.1 Å². The topological polar surface area (TPSA) is 71.5 Å². The van der Waals surface area contributed by atoms with Crippen LogP contribution in [0.2, 0.25) is 0 Å². The van der Waals surface area contributed by atoms with Crippen molar-refractivity contribution in [3.8, 4) is 5.75 Å². The molecule has 2 unspecified atom stereocenters. The molecule has 2 aliphatic rings. The molecule has 0 spiro atoms. The molecule has 1 saturated carbocycles. The molecule has 1 aliphatic heterocycles. The van der Waals surface area contributed by atoms with Crippen LogP contribution in [-0.4, -0.2) is 46.4 Å². The Kier molecular flexibility index (Phi) is 4.79. The van der Waals surface area contributed by atoms with Crippen molar-refractivity contribution >= 4 is 11.8 Å². The molecule has 0 radical (unpaired) electrons. The van der Waals surface area contributed by atoms with E-state index in [-0.39, 0.29) is 24.0 Å². The quantitative estimate of drug-likeness (QED) is 0.883. The van der Waals surface area contributed by atoms with E-state index in [1.54, 1.807) is 23.4 Å². The first-order valence-electron chi connectivity index (χ1n) is 9.35. The molecule has 6 nitrogen and oxygen atoms in total. The van der Waals surface area contributed by atoms with Gasteiger partial charge in [0.2, 0.25) is 5.91 Å². The molecule has 1 aromatic carbocycles. The van der Waals surface area contributed by atoms with Crippen LogP contribution >= 0.6 is 0 Å². The van der Waals surface area contributed by atoms with E-state index < -0.39 is 6.04 Å². The van der Waals surface area contributed by atoms with Crippen molar-refractivity contribution in [2.45, 2.75) is 44.4 Å². The molecule has 140 valence electrons. The predicted octanol–water partition coefficient (Wildman–Crippen LogP) is 2.33. The largest absolute Gasteiger partial charge is 0.488 e. The Bertz CT molecular complexity index is 836. The zero-order valence-electron chi connectivity index (χ0n) is 15.3. The highest BCUT2D eigenvalue weighted by atomic mass is 16.5. The van der Waals surface area contributed by atoms with Crippen LogP contribution in [0, 0.1) is 6.92 Å². The van der Waals surface area contributed by atoms with Gasteiger partial charge in [0, 0.05) is 24.9 Å². The lowest BCUT2D eigenvalue weighted by atomic mass is 10.1. The molecule has 1 aliphatic carbocycles. The Morgan fingerprint density at radius 1 is 1.19 bits per heavy atom. The highest BCUT2D eigenvalue weighted by Gasteiger charge is 2.42. The number of hydrogen-bond donors (Lipinski definition) is 1. The fourth-order valence-electron chi connectivity index (χ4n) is 3.41. The summed E-state index contributed by atoms with van der Waals surface area (Å²) in [6.45, 7) is 2.26. The summed E-state index contributed by atoms with van der Waals surface area (Å²) < 4.78 is 6.03. The minimum absolute atomic E-state index is 0.0912. The summed E-state index contributed by atoms with van der Waals surface area (Å²) in [6, 6.07) is 11.0. The summed E-state index contributed by atoms with van der Waals surface area (Å²) in [6.07, 6.45) is 5.52. The fourth-order valence-corrected chi connectivity index (χ4v) is 3.41. The molecular formula is C21H23N3O3. The molecule has 1 aromatic heterocycles. The molecule has 27 heavy (non-hydrogen) atoms. The third-order valence-corrected chi connectivity index (χ3v) is 5.07. The van der Waals surface area contributed by atoms with Crippen molar-refractivity contribution in [1.29, 1.82) is 0 Å². The summed E-state index contributed by atoms with van der Waals surface area (Å²) in [4.78, 5) is 31.6. The van der Waals surface area contributed by atoms with Crippen molar-refractivity contribution < 1.29 is 14.3 Å². The predicted molar refractivity (Wildman–Crippen MR) is 100 cm³/mol. The van der Waals surface area contributed by atoms with Gasteiger partial charge in [-0.05, 0) is 43.5 Å². The van der Waals surface area contributed by atoms with Crippen LogP contribution < -0.4 is 10.1 Å². The Hall–Kier alpha value is -2.89. The second-order valence-electron chi connectivity index (χ2n) is 7.24. The molecule has 2 heterocycles. The van der Waals surface area contributed by atoms with Gasteiger partial charge in [-0.2, -0.15) is 0 Å².